The van der Waals surface area contributed by atoms with Crippen LogP contribution >= 0.6 is 0 Å². The summed E-state index contributed by atoms with van der Waals surface area (Å²) >= 11 is 0. The monoisotopic (exact) mass is 540 g/mol. The number of ether oxygens (including phenoxy) is 1. The summed E-state index contributed by atoms with van der Waals surface area (Å²) in [5.74, 6) is 1.66. The molecule has 3 heteroatoms. The lowest BCUT2D eigenvalue weighted by Crippen LogP contribution is -2.11. The minimum Gasteiger partial charge on any atom is -0.456 e. The zero-order valence-electron chi connectivity index (χ0n) is 23.1. The van der Waals surface area contributed by atoms with Gasteiger partial charge in [0.05, 0.1) is 5.69 Å². The second kappa shape index (κ2) is 10.2. The van der Waals surface area contributed by atoms with E-state index in [0.717, 1.165) is 57.3 Å². The van der Waals surface area contributed by atoms with Gasteiger partial charge in [0, 0.05) is 46.0 Å². The Morgan fingerprint density at radius 1 is 0.548 bits per heavy atom. The van der Waals surface area contributed by atoms with E-state index in [9.17, 15) is 0 Å². The molecule has 42 heavy (non-hydrogen) atoms. The van der Waals surface area contributed by atoms with Gasteiger partial charge in [0.15, 0.2) is 0 Å². The topological polar surface area (TPSA) is 25.4 Å². The van der Waals surface area contributed by atoms with Crippen molar-refractivity contribution in [2.75, 3.05) is 4.90 Å². The molecule has 7 aromatic rings. The van der Waals surface area contributed by atoms with E-state index >= 15 is 0 Å². The summed E-state index contributed by atoms with van der Waals surface area (Å²) in [6.45, 7) is 0. The van der Waals surface area contributed by atoms with E-state index in [0.29, 0.717) is 0 Å². The molecule has 3 nitrogen and oxygen atoms in total. The smallest absolute Gasteiger partial charge is 0.143 e. The van der Waals surface area contributed by atoms with Crippen LogP contribution in [-0.4, -0.2) is 4.98 Å². The maximum Gasteiger partial charge on any atom is 0.143 e. The van der Waals surface area contributed by atoms with Gasteiger partial charge in [-0.25, -0.2) is 0 Å². The molecule has 200 valence electrons. The molecule has 0 amide bonds. The van der Waals surface area contributed by atoms with Crippen molar-refractivity contribution in [3.63, 3.8) is 0 Å². The van der Waals surface area contributed by atoms with Crippen molar-refractivity contribution in [3.8, 4) is 22.6 Å². The first-order valence-corrected chi connectivity index (χ1v) is 14.4. The Balaban J connectivity index is 1.32. The molecule has 0 N–H and O–H groups in total. The van der Waals surface area contributed by atoms with E-state index in [1.807, 2.05) is 12.4 Å². The number of nitrogens with zero attached hydrogens (tertiary/aromatic N) is 2. The number of para-hydroxylation sites is 2. The number of hydrogen-bond donors (Lipinski definition) is 0. The van der Waals surface area contributed by atoms with Crippen LogP contribution in [0.15, 0.2) is 146 Å². The number of aryl methyl sites for hydroxylation is 2. The van der Waals surface area contributed by atoms with Crippen molar-refractivity contribution in [2.45, 2.75) is 12.8 Å². The van der Waals surface area contributed by atoms with E-state index in [1.54, 1.807) is 0 Å². The van der Waals surface area contributed by atoms with Gasteiger partial charge in [0.2, 0.25) is 0 Å². The molecular formula is C39H28N2O. The molecule has 8 rings (SSSR count). The van der Waals surface area contributed by atoms with Crippen LogP contribution in [0.3, 0.4) is 0 Å². The van der Waals surface area contributed by atoms with Crippen LogP contribution in [0.5, 0.6) is 11.5 Å². The summed E-state index contributed by atoms with van der Waals surface area (Å²) in [5.41, 5.74) is 8.51. The van der Waals surface area contributed by atoms with Crippen LogP contribution in [-0.2, 0) is 12.8 Å². The summed E-state index contributed by atoms with van der Waals surface area (Å²) in [6, 6.07) is 47.1. The Morgan fingerprint density at radius 3 is 2.05 bits per heavy atom. The van der Waals surface area contributed by atoms with Gasteiger partial charge < -0.3 is 9.64 Å². The molecule has 1 aliphatic heterocycles. The quantitative estimate of drug-likeness (QED) is 0.208. The normalized spacial score (nSPS) is 12.5. The lowest BCUT2D eigenvalue weighted by Gasteiger charge is -2.27. The fourth-order valence-corrected chi connectivity index (χ4v) is 6.35. The third-order valence-electron chi connectivity index (χ3n) is 8.27. The SMILES string of the molecule is c1ccc(-c2c3ccccc3c(Oc3ccc4c(c3)N(c3ccccc3)c3ccccc3CC4)c3ccncc23)cc1. The van der Waals surface area contributed by atoms with Gasteiger partial charge in [-0.3, -0.25) is 4.98 Å². The summed E-state index contributed by atoms with van der Waals surface area (Å²) in [6.07, 6.45) is 5.78. The van der Waals surface area contributed by atoms with E-state index in [4.69, 9.17) is 4.74 Å². The molecule has 6 aromatic carbocycles. The molecule has 0 unspecified atom stereocenters. The van der Waals surface area contributed by atoms with Gasteiger partial charge in [-0.1, -0.05) is 97.1 Å². The van der Waals surface area contributed by atoms with Crippen molar-refractivity contribution in [1.82, 2.24) is 4.98 Å². The fraction of sp³-hybridized carbons (Fsp3) is 0.0513. The molecule has 1 aromatic heterocycles. The molecular weight excluding hydrogens is 512 g/mol. The Kier molecular flexibility index (Phi) is 5.93. The highest BCUT2D eigenvalue weighted by molar-refractivity contribution is 6.16. The number of benzene rings is 6. The van der Waals surface area contributed by atoms with Crippen LogP contribution < -0.4 is 9.64 Å². The van der Waals surface area contributed by atoms with E-state index in [1.165, 1.54) is 27.9 Å². The number of hydrogen-bond acceptors (Lipinski definition) is 3. The van der Waals surface area contributed by atoms with E-state index in [-0.39, 0.29) is 0 Å². The molecule has 0 fully saturated rings. The number of pyridine rings is 1. The van der Waals surface area contributed by atoms with Gasteiger partial charge in [0.25, 0.3) is 0 Å². The first-order valence-electron chi connectivity index (χ1n) is 14.4. The molecule has 0 spiro atoms. The van der Waals surface area contributed by atoms with Crippen LogP contribution in [0.4, 0.5) is 17.1 Å². The number of aromatic nitrogens is 1. The van der Waals surface area contributed by atoms with Gasteiger partial charge in [0.1, 0.15) is 11.5 Å². The Morgan fingerprint density at radius 2 is 1.21 bits per heavy atom. The summed E-state index contributed by atoms with van der Waals surface area (Å²) in [5, 5.41) is 4.35. The van der Waals surface area contributed by atoms with E-state index in [2.05, 4.69) is 143 Å². The highest BCUT2D eigenvalue weighted by Crippen LogP contribution is 2.47. The number of rotatable bonds is 4. The first-order chi connectivity index (χ1) is 20.8. The maximum atomic E-state index is 6.92. The highest BCUT2D eigenvalue weighted by atomic mass is 16.5. The van der Waals surface area contributed by atoms with Crippen LogP contribution in [0.2, 0.25) is 0 Å². The first kappa shape index (κ1) is 24.4. The fourth-order valence-electron chi connectivity index (χ4n) is 6.35. The molecule has 0 saturated heterocycles. The molecule has 0 aliphatic carbocycles. The zero-order valence-corrected chi connectivity index (χ0v) is 23.1. The minimum absolute atomic E-state index is 0.810. The highest BCUT2D eigenvalue weighted by Gasteiger charge is 2.23. The Bertz CT molecular complexity index is 2010. The third-order valence-corrected chi connectivity index (χ3v) is 8.27. The largest absolute Gasteiger partial charge is 0.456 e. The Labute approximate surface area is 245 Å². The molecule has 0 atom stereocenters. The number of anilines is 3. The molecule has 0 saturated carbocycles. The maximum absolute atomic E-state index is 6.92. The standard InChI is InChI=1S/C39H28N2O/c1-3-12-29(13-4-1)38-32-16-8-9-17-33(32)39(34-23-24-40-26-35(34)38)42-31-22-21-28-20-19-27-11-7-10-18-36(27)41(37(28)25-31)30-14-5-2-6-15-30/h1-18,21-26H,19-20H2. The average molecular weight is 541 g/mol. The molecule has 0 radical (unpaired) electrons. The summed E-state index contributed by atoms with van der Waals surface area (Å²) in [4.78, 5) is 6.90. The van der Waals surface area contributed by atoms with Crippen LogP contribution in [0, 0.1) is 0 Å². The summed E-state index contributed by atoms with van der Waals surface area (Å²) < 4.78 is 6.92. The minimum atomic E-state index is 0.810. The lowest BCUT2D eigenvalue weighted by atomic mass is 9.92. The molecule has 2 heterocycles. The predicted octanol–water partition coefficient (Wildman–Crippen LogP) is 10.4. The van der Waals surface area contributed by atoms with Crippen molar-refractivity contribution >= 4 is 38.6 Å². The third kappa shape index (κ3) is 4.10. The van der Waals surface area contributed by atoms with Crippen molar-refractivity contribution in [3.05, 3.63) is 157 Å². The summed E-state index contributed by atoms with van der Waals surface area (Å²) in [7, 11) is 0. The van der Waals surface area contributed by atoms with Crippen molar-refractivity contribution < 1.29 is 4.74 Å². The van der Waals surface area contributed by atoms with E-state index < -0.39 is 0 Å². The number of fused-ring (bicyclic) bond motifs is 4. The van der Waals surface area contributed by atoms with Gasteiger partial charge in [-0.15, -0.1) is 0 Å². The molecule has 1 aliphatic rings. The molecule has 0 bridgehead atoms. The van der Waals surface area contributed by atoms with Crippen molar-refractivity contribution in [1.29, 1.82) is 0 Å². The lowest BCUT2D eigenvalue weighted by molar-refractivity contribution is 0.493. The van der Waals surface area contributed by atoms with Crippen molar-refractivity contribution in [2.24, 2.45) is 0 Å². The van der Waals surface area contributed by atoms with Gasteiger partial charge >= 0.3 is 0 Å². The second-order valence-corrected chi connectivity index (χ2v) is 10.7. The average Bonchev–Trinajstić information content (AvgIpc) is 3.22. The van der Waals surface area contributed by atoms with Gasteiger partial charge in [-0.2, -0.15) is 0 Å². The zero-order chi connectivity index (χ0) is 27.9. The van der Waals surface area contributed by atoms with Crippen LogP contribution in [0.1, 0.15) is 11.1 Å². The van der Waals surface area contributed by atoms with Crippen LogP contribution in [0.25, 0.3) is 32.7 Å². The second-order valence-electron chi connectivity index (χ2n) is 10.7. The Hall–Kier alpha value is -5.41. The predicted molar refractivity (Wildman–Crippen MR) is 173 cm³/mol. The van der Waals surface area contributed by atoms with Gasteiger partial charge in [-0.05, 0) is 70.8 Å².